The quantitative estimate of drug-likeness (QED) is 0.454. The highest BCUT2D eigenvalue weighted by atomic mass is 32.1. The van der Waals surface area contributed by atoms with Gasteiger partial charge in [0.15, 0.2) is 16.6 Å². The zero-order chi connectivity index (χ0) is 24.5. The predicted octanol–water partition coefficient (Wildman–Crippen LogP) is 4.31. The highest BCUT2D eigenvalue weighted by molar-refractivity contribution is 7.13. The largest absolute Gasteiger partial charge is 0.493 e. The number of thiazole rings is 1. The molecule has 1 amide bonds. The summed E-state index contributed by atoms with van der Waals surface area (Å²) in [6.45, 7) is 2.51. The number of carbonyl (C=O) groups excluding carboxylic acids is 1. The van der Waals surface area contributed by atoms with Crippen LogP contribution < -0.4 is 20.1 Å². The van der Waals surface area contributed by atoms with Gasteiger partial charge in [0.25, 0.3) is 0 Å². The molecule has 11 heteroatoms. The van der Waals surface area contributed by atoms with Crippen LogP contribution >= 0.6 is 11.3 Å². The van der Waals surface area contributed by atoms with Crippen LogP contribution in [0.15, 0.2) is 35.8 Å². The SMILES string of the molecule is COc1cc2c(cc1Oc1cc(F)c(C(=O)O)c(F)c1)C(C)(CC(=O)Nc1nccs1)NCC2. The maximum atomic E-state index is 14.2. The Morgan fingerprint density at radius 3 is 2.59 bits per heavy atom. The minimum absolute atomic E-state index is 0.0991. The van der Waals surface area contributed by atoms with Crippen LogP contribution in [0.3, 0.4) is 0 Å². The number of carboxylic acids is 1. The first-order chi connectivity index (χ1) is 16.2. The first-order valence-corrected chi connectivity index (χ1v) is 11.1. The number of aromatic nitrogens is 1. The summed E-state index contributed by atoms with van der Waals surface area (Å²) in [5.74, 6) is -4.20. The normalized spacial score (nSPS) is 17.1. The number of nitrogens with zero attached hydrogens (tertiary/aromatic N) is 1. The Balaban J connectivity index is 1.67. The number of benzene rings is 2. The fraction of sp³-hybridized carbons (Fsp3) is 0.261. The number of halogens is 2. The maximum Gasteiger partial charge on any atom is 0.341 e. The first-order valence-electron chi connectivity index (χ1n) is 10.3. The molecule has 0 aliphatic carbocycles. The van der Waals surface area contributed by atoms with Crippen LogP contribution in [0.5, 0.6) is 17.2 Å². The minimum atomic E-state index is -1.72. The lowest BCUT2D eigenvalue weighted by Crippen LogP contribution is -2.47. The van der Waals surface area contributed by atoms with E-state index in [9.17, 15) is 18.4 Å². The minimum Gasteiger partial charge on any atom is -0.493 e. The fourth-order valence-electron chi connectivity index (χ4n) is 4.00. The summed E-state index contributed by atoms with van der Waals surface area (Å²) in [5.41, 5.74) is -0.117. The van der Waals surface area contributed by atoms with Crippen LogP contribution in [-0.2, 0) is 16.8 Å². The molecule has 0 fully saturated rings. The smallest absolute Gasteiger partial charge is 0.341 e. The zero-order valence-corrected chi connectivity index (χ0v) is 19.1. The van der Waals surface area contributed by atoms with E-state index in [1.165, 1.54) is 18.4 Å². The summed E-state index contributed by atoms with van der Waals surface area (Å²) in [6.07, 6.45) is 2.37. The summed E-state index contributed by atoms with van der Waals surface area (Å²) in [5, 5.41) is 17.4. The average molecular weight is 490 g/mol. The monoisotopic (exact) mass is 489 g/mol. The Morgan fingerprint density at radius 2 is 1.97 bits per heavy atom. The van der Waals surface area contributed by atoms with Crippen molar-refractivity contribution in [1.82, 2.24) is 10.3 Å². The van der Waals surface area contributed by atoms with Crippen molar-refractivity contribution >= 4 is 28.3 Å². The van der Waals surface area contributed by atoms with Gasteiger partial charge < -0.3 is 25.2 Å². The van der Waals surface area contributed by atoms with Crippen molar-refractivity contribution in [3.8, 4) is 17.2 Å². The lowest BCUT2D eigenvalue weighted by molar-refractivity contribution is -0.117. The van der Waals surface area contributed by atoms with Gasteiger partial charge in [-0.25, -0.2) is 18.6 Å². The van der Waals surface area contributed by atoms with E-state index in [1.54, 1.807) is 23.7 Å². The molecular weight excluding hydrogens is 468 g/mol. The van der Waals surface area contributed by atoms with Crippen molar-refractivity contribution in [2.45, 2.75) is 25.3 Å². The van der Waals surface area contributed by atoms with Crippen molar-refractivity contribution in [1.29, 1.82) is 0 Å². The van der Waals surface area contributed by atoms with Crippen LogP contribution in [0.25, 0.3) is 0 Å². The van der Waals surface area contributed by atoms with E-state index >= 15 is 0 Å². The van der Waals surface area contributed by atoms with Gasteiger partial charge in [-0.3, -0.25) is 4.79 Å². The number of rotatable bonds is 7. The van der Waals surface area contributed by atoms with Crippen molar-refractivity contribution < 1.29 is 33.0 Å². The second-order valence-electron chi connectivity index (χ2n) is 7.90. The number of hydrogen-bond donors (Lipinski definition) is 3. The summed E-state index contributed by atoms with van der Waals surface area (Å²) in [6, 6.07) is 5.02. The third kappa shape index (κ3) is 4.70. The van der Waals surface area contributed by atoms with E-state index < -0.39 is 28.7 Å². The second kappa shape index (κ2) is 9.35. The molecule has 1 aliphatic rings. The molecule has 0 radical (unpaired) electrons. The molecule has 178 valence electrons. The number of hydrogen-bond acceptors (Lipinski definition) is 7. The number of fused-ring (bicyclic) bond motifs is 1. The van der Waals surface area contributed by atoms with Crippen LogP contribution in [0.4, 0.5) is 13.9 Å². The molecule has 0 bridgehead atoms. The third-order valence-electron chi connectivity index (χ3n) is 5.54. The van der Waals surface area contributed by atoms with Gasteiger partial charge >= 0.3 is 5.97 Å². The van der Waals surface area contributed by atoms with E-state index in [0.717, 1.165) is 23.3 Å². The van der Waals surface area contributed by atoms with Crippen LogP contribution in [-0.4, -0.2) is 35.6 Å². The second-order valence-corrected chi connectivity index (χ2v) is 8.80. The van der Waals surface area contributed by atoms with Gasteiger partial charge in [0, 0.05) is 42.2 Å². The van der Waals surface area contributed by atoms with E-state index in [1.807, 2.05) is 6.92 Å². The molecule has 4 rings (SSSR count). The predicted molar refractivity (Wildman–Crippen MR) is 121 cm³/mol. The molecule has 0 saturated heterocycles. The van der Waals surface area contributed by atoms with E-state index in [-0.39, 0.29) is 23.8 Å². The molecule has 1 unspecified atom stereocenters. The van der Waals surface area contributed by atoms with Gasteiger partial charge in [0.05, 0.1) is 7.11 Å². The summed E-state index contributed by atoms with van der Waals surface area (Å²) >= 11 is 1.31. The lowest BCUT2D eigenvalue weighted by atomic mass is 9.81. The molecule has 1 aromatic heterocycles. The molecule has 1 atom stereocenters. The molecule has 3 aromatic rings. The number of aromatic carboxylic acids is 1. The Morgan fingerprint density at radius 1 is 1.24 bits per heavy atom. The highest BCUT2D eigenvalue weighted by Crippen LogP contribution is 2.41. The van der Waals surface area contributed by atoms with Gasteiger partial charge in [-0.05, 0) is 36.6 Å². The van der Waals surface area contributed by atoms with Crippen LogP contribution in [0.2, 0.25) is 0 Å². The number of carbonyl (C=O) groups is 2. The maximum absolute atomic E-state index is 14.2. The number of anilines is 1. The number of nitrogens with one attached hydrogen (secondary N) is 2. The molecule has 0 saturated carbocycles. The van der Waals surface area contributed by atoms with Gasteiger partial charge in [0.2, 0.25) is 5.91 Å². The summed E-state index contributed by atoms with van der Waals surface area (Å²) in [7, 11) is 1.44. The molecule has 34 heavy (non-hydrogen) atoms. The van der Waals surface area contributed by atoms with E-state index in [0.29, 0.717) is 23.8 Å². The van der Waals surface area contributed by atoms with Crippen molar-refractivity contribution in [2.75, 3.05) is 19.0 Å². The Kier molecular flexibility index (Phi) is 6.49. The first kappa shape index (κ1) is 23.6. The molecule has 3 N–H and O–H groups in total. The van der Waals surface area contributed by atoms with Crippen LogP contribution in [0.1, 0.15) is 34.8 Å². The zero-order valence-electron chi connectivity index (χ0n) is 18.3. The van der Waals surface area contributed by atoms with Gasteiger partial charge in [-0.1, -0.05) is 0 Å². The lowest BCUT2D eigenvalue weighted by Gasteiger charge is -2.37. The summed E-state index contributed by atoms with van der Waals surface area (Å²) in [4.78, 5) is 27.8. The number of carboxylic acid groups (broad SMARTS) is 1. The van der Waals surface area contributed by atoms with Crippen molar-refractivity contribution in [2.24, 2.45) is 0 Å². The molecular formula is C23H21F2N3O5S. The molecule has 1 aliphatic heterocycles. The Hall–Kier alpha value is -3.57. The Bertz CT molecular complexity index is 1230. The average Bonchev–Trinajstić information content (AvgIpc) is 3.25. The number of ether oxygens (including phenoxy) is 2. The van der Waals surface area contributed by atoms with Gasteiger partial charge in [-0.15, -0.1) is 11.3 Å². The molecule has 2 heterocycles. The highest BCUT2D eigenvalue weighted by Gasteiger charge is 2.35. The molecule has 0 spiro atoms. The number of amides is 1. The number of methoxy groups -OCH3 is 1. The van der Waals surface area contributed by atoms with E-state index in [2.05, 4.69) is 15.6 Å². The topological polar surface area (TPSA) is 110 Å². The molecule has 8 nitrogen and oxygen atoms in total. The third-order valence-corrected chi connectivity index (χ3v) is 6.23. The van der Waals surface area contributed by atoms with Gasteiger partial charge in [-0.2, -0.15) is 0 Å². The van der Waals surface area contributed by atoms with Crippen LogP contribution in [0, 0.1) is 11.6 Å². The molecule has 2 aromatic carbocycles. The standard InChI is InChI=1S/C23H21F2N3O5S/c1-23(11-19(29)28-22-26-5-6-34-22)14-10-18(17(32-2)7-12(14)3-4-27-23)33-13-8-15(24)20(21(30)31)16(25)9-13/h5-10,27H,3-4,11H2,1-2H3,(H,30,31)(H,26,28,29). The fourth-order valence-corrected chi connectivity index (χ4v) is 4.54. The van der Waals surface area contributed by atoms with Gasteiger partial charge in [0.1, 0.15) is 22.9 Å². The van der Waals surface area contributed by atoms with Crippen molar-refractivity contribution in [3.05, 3.63) is 64.2 Å². The van der Waals surface area contributed by atoms with E-state index in [4.69, 9.17) is 14.6 Å². The van der Waals surface area contributed by atoms with Crippen molar-refractivity contribution in [3.63, 3.8) is 0 Å². The Labute approximate surface area is 197 Å². The summed E-state index contributed by atoms with van der Waals surface area (Å²) < 4.78 is 39.4.